The van der Waals surface area contributed by atoms with Gasteiger partial charge in [-0.25, -0.2) is 4.79 Å². The van der Waals surface area contributed by atoms with Crippen LogP contribution in [0.2, 0.25) is 0 Å². The van der Waals surface area contributed by atoms with E-state index in [1.807, 2.05) is 0 Å². The fourth-order valence-corrected chi connectivity index (χ4v) is 11.3. The Morgan fingerprint density at radius 2 is 1.73 bits per heavy atom. The zero-order chi connectivity index (χ0) is 28.9. The molecule has 14 atom stereocenters. The molecule has 6 aliphatic rings. The zero-order valence-corrected chi connectivity index (χ0v) is 24.4. The molecule has 41 heavy (non-hydrogen) atoms. The topological polar surface area (TPSA) is 125 Å². The highest BCUT2D eigenvalue weighted by molar-refractivity contribution is 5.89. The molecule has 226 valence electrons. The second kappa shape index (κ2) is 9.61. The molecule has 6 fully saturated rings. The molecule has 1 aliphatic heterocycles. The average Bonchev–Trinajstić information content (AvgIpc) is 3.29. The Hall–Kier alpha value is -1.79. The van der Waals surface area contributed by atoms with Crippen LogP contribution in [0.15, 0.2) is 24.3 Å². The van der Waals surface area contributed by atoms with E-state index in [9.17, 15) is 15.0 Å². The van der Waals surface area contributed by atoms with Crippen molar-refractivity contribution in [1.29, 1.82) is 0 Å². The van der Waals surface area contributed by atoms with Crippen LogP contribution in [-0.4, -0.2) is 107 Å². The van der Waals surface area contributed by atoms with Gasteiger partial charge in [-0.2, -0.15) is 0 Å². The van der Waals surface area contributed by atoms with Crippen molar-refractivity contribution in [3.63, 3.8) is 0 Å². The smallest absolute Gasteiger partial charge is 0.338 e. The monoisotopic (exact) mass is 573 g/mol. The summed E-state index contributed by atoms with van der Waals surface area (Å²) in [6.45, 7) is 1.02. The highest BCUT2D eigenvalue weighted by atomic mass is 16.6. The lowest BCUT2D eigenvalue weighted by molar-refractivity contribution is -0.255. The van der Waals surface area contributed by atoms with Gasteiger partial charge in [0.2, 0.25) is 0 Å². The first-order valence-corrected chi connectivity index (χ1v) is 14.8. The van der Waals surface area contributed by atoms with E-state index >= 15 is 0 Å². The quantitative estimate of drug-likeness (QED) is 0.392. The van der Waals surface area contributed by atoms with Crippen molar-refractivity contribution in [2.24, 2.45) is 40.4 Å². The molecule has 10 heteroatoms. The molecular formula is C31H43NO9. The van der Waals surface area contributed by atoms with Crippen LogP contribution in [0, 0.1) is 40.4 Å². The van der Waals surface area contributed by atoms with Crippen LogP contribution in [0.4, 0.5) is 0 Å². The van der Waals surface area contributed by atoms with Gasteiger partial charge in [0.05, 0.1) is 43.7 Å². The Balaban J connectivity index is 1.36. The summed E-state index contributed by atoms with van der Waals surface area (Å²) in [6.07, 6.45) is -0.747. The van der Waals surface area contributed by atoms with Gasteiger partial charge >= 0.3 is 5.97 Å². The highest BCUT2D eigenvalue weighted by Crippen LogP contribution is 2.78. The maximum atomic E-state index is 13.6. The summed E-state index contributed by atoms with van der Waals surface area (Å²) >= 11 is 0. The van der Waals surface area contributed by atoms with Crippen LogP contribution >= 0.6 is 0 Å². The second-order valence-corrected chi connectivity index (χ2v) is 13.3. The lowest BCUT2D eigenvalue weighted by Gasteiger charge is -2.66. The van der Waals surface area contributed by atoms with Gasteiger partial charge in [-0.15, -0.1) is 0 Å². The Kier molecular flexibility index (Phi) is 6.56. The van der Waals surface area contributed by atoms with E-state index in [-0.39, 0.29) is 47.8 Å². The maximum absolute atomic E-state index is 13.6. The van der Waals surface area contributed by atoms with Crippen LogP contribution in [0.1, 0.15) is 29.6 Å². The molecule has 0 amide bonds. The predicted molar refractivity (Wildman–Crippen MR) is 145 cm³/mol. The number of hydrogen-bond acceptors (Lipinski definition) is 10. The third-order valence-corrected chi connectivity index (χ3v) is 12.4. The number of nitrogens with one attached hydrogen (secondary N) is 1. The fourth-order valence-electron chi connectivity index (χ4n) is 11.3. The maximum Gasteiger partial charge on any atom is 0.338 e. The molecule has 4 unspecified atom stereocenters. The third-order valence-electron chi connectivity index (χ3n) is 12.4. The number of ether oxygens (including phenoxy) is 6. The number of aliphatic hydroxyl groups excluding tert-OH is 1. The van der Waals surface area contributed by atoms with Crippen molar-refractivity contribution in [3.05, 3.63) is 29.8 Å². The van der Waals surface area contributed by atoms with E-state index in [0.717, 1.165) is 0 Å². The van der Waals surface area contributed by atoms with Gasteiger partial charge in [0.25, 0.3) is 0 Å². The van der Waals surface area contributed by atoms with E-state index in [1.165, 1.54) is 0 Å². The molecule has 1 spiro atoms. The number of esters is 1. The van der Waals surface area contributed by atoms with Crippen LogP contribution in [0.25, 0.3) is 0 Å². The number of carbonyl (C=O) groups is 1. The Labute approximate surface area is 241 Å². The molecule has 0 radical (unpaired) electrons. The van der Waals surface area contributed by atoms with Crippen molar-refractivity contribution in [3.8, 4) is 5.75 Å². The minimum absolute atomic E-state index is 0.0424. The number of carbonyl (C=O) groups excluding carboxylic acids is 1. The highest BCUT2D eigenvalue weighted by Gasteiger charge is 2.85. The van der Waals surface area contributed by atoms with Crippen LogP contribution in [0.5, 0.6) is 5.75 Å². The van der Waals surface area contributed by atoms with Gasteiger partial charge in [0.1, 0.15) is 17.5 Å². The van der Waals surface area contributed by atoms with Gasteiger partial charge < -0.3 is 44.0 Å². The van der Waals surface area contributed by atoms with Crippen molar-refractivity contribution in [2.75, 3.05) is 48.7 Å². The normalized spacial score (nSPS) is 50.5. The Morgan fingerprint density at radius 1 is 1.00 bits per heavy atom. The third kappa shape index (κ3) is 3.30. The standard InChI is InChI=1S/C31H43NO9/c1-36-14-29-13-32-26-23-17-10-20(38-3)30(35)12-18(31(26,25(29)24(23)40-5)21(39-4)11-19(29)33)22(17)27(30)41-28(34)15-6-8-16(37-2)9-7-15/h6-9,17-27,32-33,35H,10-14H2,1-5H3/t17-,18+,19?,20+,21?,22-,23+,24?,25-,26+,27+,29+,30-,31?/m0/s1. The first-order chi connectivity index (χ1) is 19.8. The van der Waals surface area contributed by atoms with Crippen LogP contribution < -0.4 is 10.1 Å². The summed E-state index contributed by atoms with van der Waals surface area (Å²) in [5.74, 6) is 0.118. The minimum atomic E-state index is -1.35. The van der Waals surface area contributed by atoms with Crippen molar-refractivity contribution in [2.45, 2.75) is 61.4 Å². The first-order valence-electron chi connectivity index (χ1n) is 14.8. The summed E-state index contributed by atoms with van der Waals surface area (Å²) in [7, 11) is 8.39. The van der Waals surface area contributed by atoms with Gasteiger partial charge in [-0.3, -0.25) is 0 Å². The number of rotatable bonds is 8. The van der Waals surface area contributed by atoms with E-state index in [4.69, 9.17) is 28.4 Å². The summed E-state index contributed by atoms with van der Waals surface area (Å²) < 4.78 is 36.1. The molecule has 1 aromatic rings. The Morgan fingerprint density at radius 3 is 2.37 bits per heavy atom. The molecule has 1 saturated heterocycles. The Bertz CT molecular complexity index is 1180. The largest absolute Gasteiger partial charge is 0.497 e. The number of hydrogen-bond donors (Lipinski definition) is 3. The zero-order valence-electron chi connectivity index (χ0n) is 24.4. The van der Waals surface area contributed by atoms with Gasteiger partial charge in [-0.1, -0.05) is 0 Å². The fraction of sp³-hybridized carbons (Fsp3) is 0.774. The van der Waals surface area contributed by atoms with Gasteiger partial charge in [-0.05, 0) is 48.9 Å². The molecule has 10 nitrogen and oxygen atoms in total. The second-order valence-electron chi connectivity index (χ2n) is 13.3. The minimum Gasteiger partial charge on any atom is -0.497 e. The molecule has 5 saturated carbocycles. The molecule has 0 aromatic heterocycles. The summed E-state index contributed by atoms with van der Waals surface area (Å²) in [5, 5.41) is 28.0. The summed E-state index contributed by atoms with van der Waals surface area (Å²) in [4.78, 5) is 13.6. The molecular weight excluding hydrogens is 530 g/mol. The van der Waals surface area contributed by atoms with Gasteiger partial charge in [0.15, 0.2) is 0 Å². The SMILES string of the molecule is COC[C@@]12CN[C@@H]3[C@H]4C(OC)[C@@H]1C3(C(OC)CC2O)[C@@H]1C[C@@]2(O)[C@H](OC(=O)c3ccc(OC)cc3)[C@H]1[C@@H]4C[C@H]2OC. The molecule has 5 aliphatic carbocycles. The van der Waals surface area contributed by atoms with Crippen molar-refractivity contribution < 1.29 is 43.4 Å². The molecule has 1 aromatic carbocycles. The number of methoxy groups -OCH3 is 5. The van der Waals surface area contributed by atoms with E-state index in [1.54, 1.807) is 59.8 Å². The summed E-state index contributed by atoms with van der Waals surface area (Å²) in [6, 6.07) is 6.90. The van der Waals surface area contributed by atoms with Crippen molar-refractivity contribution in [1.82, 2.24) is 5.32 Å². The molecule has 7 bridgehead atoms. The number of piperidine rings is 1. The van der Waals surface area contributed by atoms with E-state index < -0.39 is 40.7 Å². The summed E-state index contributed by atoms with van der Waals surface area (Å²) in [5.41, 5.74) is -1.96. The predicted octanol–water partition coefficient (Wildman–Crippen LogP) is 1.27. The molecule has 7 rings (SSSR count). The van der Waals surface area contributed by atoms with Crippen LogP contribution in [0.3, 0.4) is 0 Å². The molecule has 3 N–H and O–H groups in total. The number of benzene rings is 1. The molecule has 1 heterocycles. The lowest BCUT2D eigenvalue weighted by atomic mass is 9.43. The lowest BCUT2D eigenvalue weighted by Crippen LogP contribution is -2.76. The number of fused-ring (bicyclic) bond motifs is 2. The van der Waals surface area contributed by atoms with E-state index in [0.29, 0.717) is 43.7 Å². The first kappa shape index (κ1) is 28.0. The van der Waals surface area contributed by atoms with Crippen LogP contribution in [-0.2, 0) is 23.7 Å². The van der Waals surface area contributed by atoms with Crippen molar-refractivity contribution >= 4 is 5.97 Å². The average molecular weight is 574 g/mol. The van der Waals surface area contributed by atoms with E-state index in [2.05, 4.69) is 5.32 Å². The number of aliphatic hydroxyl groups is 2. The van der Waals surface area contributed by atoms with Gasteiger partial charge in [0, 0.05) is 76.0 Å².